The predicted octanol–water partition coefficient (Wildman–Crippen LogP) is 26.9. The van der Waals surface area contributed by atoms with E-state index in [1.807, 2.05) is 98.9 Å². The van der Waals surface area contributed by atoms with E-state index in [1.165, 1.54) is 200 Å². The molecule has 16 aromatic heterocycles. The molecule has 16 heteroatoms. The molecule has 16 heterocycles. The van der Waals surface area contributed by atoms with Gasteiger partial charge in [-0.25, -0.2) is 19.9 Å². The van der Waals surface area contributed by atoms with Crippen LogP contribution in [0.4, 0.5) is 0 Å². The van der Waals surface area contributed by atoms with Crippen molar-refractivity contribution in [1.82, 2.24) is 77.4 Å². The number of hydrogen-bond acceptors (Lipinski definition) is 12. The summed E-state index contributed by atoms with van der Waals surface area (Å²) in [6.07, 6.45) is 34.3. The molecular formula is C124H72N16. The van der Waals surface area contributed by atoms with Crippen LogP contribution in [0, 0.1) is 0 Å². The van der Waals surface area contributed by atoms with Gasteiger partial charge in [-0.3, -0.25) is 57.5 Å². The lowest BCUT2D eigenvalue weighted by Gasteiger charge is -2.09. The first-order chi connectivity index (χ1) is 69.5. The van der Waals surface area contributed by atoms with E-state index in [4.69, 9.17) is 29.9 Å². The average Bonchev–Trinajstić information content (AvgIpc) is 1.55. The Bertz CT molecular complexity index is 9460. The number of benzene rings is 12. The Balaban J connectivity index is 0.0000000829. The quantitative estimate of drug-likeness (QED) is 0.132. The Labute approximate surface area is 796 Å². The number of fused-ring (bicyclic) bond motifs is 64. The third-order valence-corrected chi connectivity index (χ3v) is 32.0. The molecule has 140 heavy (non-hydrogen) atoms. The zero-order valence-corrected chi connectivity index (χ0v) is 75.1. The standard InChI is InChI=1S/4C31H18N4/c1-2-5-19-17(4-1)14-18-7-8-20-21-9-10-26-30(24(21)15-23(20)28(18)19)35-27-11-13-32-16-25(27)29-22(31(35)34-26)6-3-12-33-29;1-2-5-19-17(4-1)14-18-7-8-20-21-9-10-26-30(24(21)15-23(20)28(18)19)35-27-11-13-32-16-25(27)22-6-3-12-33-29(22)31(35)34-26;1-2-4-19-17(3-1)13-18-5-6-20-21-7-8-27-30(24(21)14-23(20)29(18)19)35-28-10-12-33-16-26(28)25-15-32-11-9-22(25)31(35)34-27;1-2-4-19-17(3-1)13-18-5-6-20-21-7-8-27-30(24(21)14-23(20)29(18)19)35-28-10-12-33-15-25(28)22-9-11-32-16-26(22)31(35)34-27/h2*1-13,16H,14-15H2;2*1-12,15-16H,13-14H2. The maximum Gasteiger partial charge on any atom is 0.165 e. The highest BCUT2D eigenvalue weighted by Crippen LogP contribution is 2.56. The van der Waals surface area contributed by atoms with Gasteiger partial charge >= 0.3 is 0 Å². The van der Waals surface area contributed by atoms with Gasteiger partial charge in [-0.15, -0.1) is 0 Å². The highest BCUT2D eigenvalue weighted by atomic mass is 15.1. The molecule has 0 amide bonds. The summed E-state index contributed by atoms with van der Waals surface area (Å²) in [7, 11) is 0. The maximum absolute atomic E-state index is 5.16. The highest BCUT2D eigenvalue weighted by molar-refractivity contribution is 6.19. The Morgan fingerprint density at radius 2 is 0.464 bits per heavy atom. The number of aromatic nitrogens is 16. The van der Waals surface area contributed by atoms with Gasteiger partial charge in [-0.1, -0.05) is 176 Å². The van der Waals surface area contributed by atoms with Crippen LogP contribution in [0.1, 0.15) is 89.0 Å². The Morgan fingerprint density at radius 3 is 0.879 bits per heavy atom. The number of imidazole rings is 4. The molecule has 16 nitrogen and oxygen atoms in total. The molecule has 0 saturated heterocycles. The number of rotatable bonds is 0. The minimum atomic E-state index is 0.911. The summed E-state index contributed by atoms with van der Waals surface area (Å²) in [5.41, 5.74) is 64.0. The summed E-state index contributed by atoms with van der Waals surface area (Å²) in [5, 5.41) is 10.9. The fourth-order valence-electron chi connectivity index (χ4n) is 26.3. The van der Waals surface area contributed by atoms with Gasteiger partial charge in [0, 0.05) is 161 Å². The van der Waals surface area contributed by atoms with Gasteiger partial charge in [-0.2, -0.15) is 0 Å². The summed E-state index contributed by atoms with van der Waals surface area (Å²) < 4.78 is 9.36. The molecule has 8 aliphatic rings. The van der Waals surface area contributed by atoms with Crippen molar-refractivity contribution in [3.8, 4) is 89.0 Å². The highest BCUT2D eigenvalue weighted by Gasteiger charge is 2.38. The lowest BCUT2D eigenvalue weighted by Crippen LogP contribution is -1.95. The van der Waals surface area contributed by atoms with Crippen molar-refractivity contribution in [1.29, 1.82) is 0 Å². The molecule has 648 valence electrons. The summed E-state index contributed by atoms with van der Waals surface area (Å²) in [5.74, 6) is 0. The van der Waals surface area contributed by atoms with Crippen LogP contribution >= 0.6 is 0 Å². The fraction of sp³-hybridized carbons (Fsp3) is 0.0645. The van der Waals surface area contributed by atoms with Crippen LogP contribution in [-0.2, 0) is 51.4 Å². The van der Waals surface area contributed by atoms with Crippen LogP contribution in [0.2, 0.25) is 0 Å². The van der Waals surface area contributed by atoms with E-state index >= 15 is 0 Å². The lowest BCUT2D eigenvalue weighted by molar-refractivity contribution is 1.22. The predicted molar refractivity (Wildman–Crippen MR) is 559 cm³/mol. The largest absolute Gasteiger partial charge is 0.291 e. The lowest BCUT2D eigenvalue weighted by atomic mass is 9.95. The minimum absolute atomic E-state index is 0.911. The molecule has 8 aliphatic carbocycles. The molecule has 0 spiro atoms. The van der Waals surface area contributed by atoms with Gasteiger partial charge in [-0.05, 0) is 288 Å². The van der Waals surface area contributed by atoms with Crippen molar-refractivity contribution < 1.29 is 0 Å². The van der Waals surface area contributed by atoms with Crippen molar-refractivity contribution in [2.75, 3.05) is 0 Å². The van der Waals surface area contributed by atoms with Crippen molar-refractivity contribution in [3.05, 3.63) is 431 Å². The van der Waals surface area contributed by atoms with Crippen LogP contribution in [0.3, 0.4) is 0 Å². The third kappa shape index (κ3) is 10.1. The van der Waals surface area contributed by atoms with Crippen LogP contribution in [0.5, 0.6) is 0 Å². The van der Waals surface area contributed by atoms with Crippen LogP contribution in [0.15, 0.2) is 342 Å². The van der Waals surface area contributed by atoms with Crippen LogP contribution in [-0.4, -0.2) is 77.4 Å². The van der Waals surface area contributed by atoms with Gasteiger partial charge in [0.05, 0.1) is 71.7 Å². The van der Waals surface area contributed by atoms with Crippen LogP contribution in [0.25, 0.3) is 243 Å². The fourth-order valence-corrected chi connectivity index (χ4v) is 26.3. The molecule has 28 aromatic rings. The summed E-state index contributed by atoms with van der Waals surface area (Å²) in [4.78, 5) is 56.6. The normalized spacial score (nSPS) is 13.5. The third-order valence-electron chi connectivity index (χ3n) is 32.0. The molecular weight excluding hydrogens is 1710 g/mol. The van der Waals surface area contributed by atoms with E-state index in [9.17, 15) is 0 Å². The summed E-state index contributed by atoms with van der Waals surface area (Å²) >= 11 is 0. The second-order valence-corrected chi connectivity index (χ2v) is 38.7. The van der Waals surface area contributed by atoms with Gasteiger partial charge in [0.15, 0.2) is 5.65 Å². The molecule has 12 aromatic carbocycles. The van der Waals surface area contributed by atoms with E-state index in [1.54, 1.807) is 0 Å². The maximum atomic E-state index is 5.16. The van der Waals surface area contributed by atoms with E-state index < -0.39 is 0 Å². The topological polar surface area (TPSA) is 172 Å². The molecule has 0 fully saturated rings. The second kappa shape index (κ2) is 27.7. The molecule has 0 unspecified atom stereocenters. The van der Waals surface area contributed by atoms with Gasteiger partial charge in [0.2, 0.25) is 0 Å². The zero-order chi connectivity index (χ0) is 90.7. The Morgan fingerprint density at radius 1 is 0.171 bits per heavy atom. The second-order valence-electron chi connectivity index (χ2n) is 38.7. The average molecular weight is 1790 g/mol. The van der Waals surface area contributed by atoms with Crippen LogP contribution < -0.4 is 0 Å². The molecule has 0 radical (unpaired) electrons. The number of nitrogens with zero attached hydrogens (tertiary/aromatic N) is 16. The van der Waals surface area contributed by atoms with Gasteiger partial charge < -0.3 is 0 Å². The zero-order valence-electron chi connectivity index (χ0n) is 75.1. The minimum Gasteiger partial charge on any atom is -0.291 e. The Kier molecular flexibility index (Phi) is 14.9. The van der Waals surface area contributed by atoms with E-state index in [0.29, 0.717) is 0 Å². The van der Waals surface area contributed by atoms with E-state index in [-0.39, 0.29) is 0 Å². The number of pyridine rings is 12. The molecule has 0 N–H and O–H groups in total. The van der Waals surface area contributed by atoms with Crippen molar-refractivity contribution in [2.45, 2.75) is 51.4 Å². The molecule has 0 atom stereocenters. The van der Waals surface area contributed by atoms with Crippen molar-refractivity contribution in [3.63, 3.8) is 0 Å². The molecule has 0 bridgehead atoms. The molecule has 0 aliphatic heterocycles. The molecule has 0 saturated carbocycles. The van der Waals surface area contributed by atoms with E-state index in [0.717, 1.165) is 183 Å². The van der Waals surface area contributed by atoms with Crippen molar-refractivity contribution >= 4 is 154 Å². The monoisotopic (exact) mass is 1780 g/mol. The first-order valence-corrected chi connectivity index (χ1v) is 48.2. The van der Waals surface area contributed by atoms with Gasteiger partial charge in [0.25, 0.3) is 0 Å². The molecule has 36 rings (SSSR count). The number of hydrogen-bond donors (Lipinski definition) is 0. The first kappa shape index (κ1) is 75.1. The van der Waals surface area contributed by atoms with Crippen molar-refractivity contribution in [2.24, 2.45) is 0 Å². The SMILES string of the molecule is c1ccc2c(c1)Cc1ccc3c(c1-2)Cc1c-3ccc2nc3c4cccnc4c4cnccc4n3c12.c1ccc2c(c1)Cc1ccc3c(c1-2)Cc1c-3ccc2nc3c4ccncc4c4cnccc4n3c12.c1ccc2c(c1)Cc1ccc3c(c1-2)Cc1c-3ccc2nc3c4cnccc4c4cnccc4n3c12.c1ccc2c(c1)Cc1ccc3c(c1-2)Cc1c-3ccc2nc3c4ncccc4c4cnccc4n3c12. The summed E-state index contributed by atoms with van der Waals surface area (Å²) in [6, 6.07) is 92.8. The Hall–Kier alpha value is -18.3. The van der Waals surface area contributed by atoms with E-state index in [2.05, 4.69) is 290 Å². The first-order valence-electron chi connectivity index (χ1n) is 48.2. The summed E-state index contributed by atoms with van der Waals surface area (Å²) in [6.45, 7) is 0. The van der Waals surface area contributed by atoms with Gasteiger partial charge in [0.1, 0.15) is 22.5 Å². The smallest absolute Gasteiger partial charge is 0.165 e.